The summed E-state index contributed by atoms with van der Waals surface area (Å²) in [5, 5.41) is 10.6. The lowest BCUT2D eigenvalue weighted by molar-refractivity contribution is -0.161. The molecule has 0 aliphatic carbocycles. The van der Waals surface area contributed by atoms with Crippen LogP contribution in [0.3, 0.4) is 0 Å². The van der Waals surface area contributed by atoms with Gasteiger partial charge in [0.15, 0.2) is 12.2 Å². The predicted molar refractivity (Wildman–Crippen MR) is 372 cm³/mol. The number of aliphatic hydroxyl groups excluding tert-OH is 1. The molecule has 3 N–H and O–H groups in total. The van der Waals surface area contributed by atoms with E-state index in [-0.39, 0.29) is 25.7 Å². The number of esters is 4. The van der Waals surface area contributed by atoms with Crippen LogP contribution in [0.25, 0.3) is 0 Å². The molecule has 92 heavy (non-hydrogen) atoms. The number of phosphoric acid groups is 2. The molecule has 19 heteroatoms. The number of aliphatic hydroxyl groups is 1. The van der Waals surface area contributed by atoms with Crippen LogP contribution >= 0.6 is 15.6 Å². The molecule has 0 rings (SSSR count). The van der Waals surface area contributed by atoms with Crippen molar-refractivity contribution in [1.29, 1.82) is 0 Å². The molecular weight excluding hydrogens is 1210 g/mol. The number of hydrogen-bond acceptors (Lipinski definition) is 15. The van der Waals surface area contributed by atoms with E-state index in [1.807, 2.05) is 0 Å². The highest BCUT2D eigenvalue weighted by Gasteiger charge is 2.30. The Balaban J connectivity index is 5.21. The van der Waals surface area contributed by atoms with Gasteiger partial charge in [0.1, 0.15) is 19.3 Å². The first-order valence-electron chi connectivity index (χ1n) is 38.0. The first-order valence-corrected chi connectivity index (χ1v) is 41.0. The SMILES string of the molecule is CCCCCCCCCCCCCCCCCCCCCC(=O)O[C@H](COC(=O)CCCCCCCCCCCCC(C)C)COP(=O)(O)OC[C@@H](O)COP(=O)(O)OC[C@@H](COC(=O)CCCCCCCCC(C)C)OC(=O)CCCCCCCCCCCCC. The first-order chi connectivity index (χ1) is 44.4. The topological polar surface area (TPSA) is 237 Å². The minimum Gasteiger partial charge on any atom is -0.462 e. The highest BCUT2D eigenvalue weighted by Crippen LogP contribution is 2.45. The minimum atomic E-state index is -4.95. The second-order valence-electron chi connectivity index (χ2n) is 27.3. The third-order valence-electron chi connectivity index (χ3n) is 17.0. The zero-order valence-corrected chi connectivity index (χ0v) is 61.6. The zero-order valence-electron chi connectivity index (χ0n) is 59.9. The van der Waals surface area contributed by atoms with E-state index in [1.54, 1.807) is 0 Å². The van der Waals surface area contributed by atoms with E-state index in [0.29, 0.717) is 31.6 Å². The van der Waals surface area contributed by atoms with Crippen molar-refractivity contribution in [2.24, 2.45) is 11.8 Å². The van der Waals surface area contributed by atoms with Gasteiger partial charge in [-0.25, -0.2) is 9.13 Å². The number of rotatable bonds is 72. The Labute approximate surface area is 562 Å². The molecule has 0 radical (unpaired) electrons. The van der Waals surface area contributed by atoms with Crippen molar-refractivity contribution in [3.05, 3.63) is 0 Å². The first kappa shape index (κ1) is 90.1. The molecule has 5 atom stereocenters. The fourth-order valence-corrected chi connectivity index (χ4v) is 12.7. The van der Waals surface area contributed by atoms with Crippen molar-refractivity contribution in [2.45, 2.75) is 394 Å². The van der Waals surface area contributed by atoms with Crippen LogP contribution in [0.4, 0.5) is 0 Å². The molecule has 0 aromatic heterocycles. The molecule has 0 aliphatic heterocycles. The Hall–Kier alpha value is -1.94. The number of phosphoric ester groups is 2. The van der Waals surface area contributed by atoms with E-state index in [4.69, 9.17) is 37.0 Å². The van der Waals surface area contributed by atoms with Crippen molar-refractivity contribution in [1.82, 2.24) is 0 Å². The Bertz CT molecular complexity index is 1790. The quantitative estimate of drug-likeness (QED) is 0.0222. The molecular formula is C73H142O17P2. The van der Waals surface area contributed by atoms with Gasteiger partial charge in [0, 0.05) is 25.7 Å². The van der Waals surface area contributed by atoms with E-state index in [0.717, 1.165) is 102 Å². The maximum atomic E-state index is 13.1. The summed E-state index contributed by atoms with van der Waals surface area (Å²) in [4.78, 5) is 72.6. The number of hydrogen-bond donors (Lipinski definition) is 3. The zero-order chi connectivity index (χ0) is 67.9. The summed E-state index contributed by atoms with van der Waals surface area (Å²) >= 11 is 0. The average Bonchev–Trinajstić information content (AvgIpc) is 1.92. The summed E-state index contributed by atoms with van der Waals surface area (Å²) in [6.45, 7) is 9.48. The van der Waals surface area contributed by atoms with Crippen LogP contribution in [0.5, 0.6) is 0 Å². The molecule has 0 aromatic rings. The lowest BCUT2D eigenvalue weighted by atomic mass is 10.0. The Morgan fingerprint density at radius 1 is 0.293 bits per heavy atom. The largest absolute Gasteiger partial charge is 0.472 e. The summed E-state index contributed by atoms with van der Waals surface area (Å²) < 4.78 is 68.3. The Morgan fingerprint density at radius 2 is 0.500 bits per heavy atom. The number of carbonyl (C=O) groups excluding carboxylic acids is 4. The van der Waals surface area contributed by atoms with E-state index in [9.17, 15) is 43.2 Å². The molecule has 0 bridgehead atoms. The summed E-state index contributed by atoms with van der Waals surface area (Å²) in [7, 11) is -9.90. The summed E-state index contributed by atoms with van der Waals surface area (Å²) in [5.41, 5.74) is 0. The fourth-order valence-electron chi connectivity index (χ4n) is 11.1. The number of ether oxygens (including phenoxy) is 4. The molecule has 0 saturated heterocycles. The van der Waals surface area contributed by atoms with Crippen LogP contribution in [0.15, 0.2) is 0 Å². The van der Waals surface area contributed by atoms with Crippen LogP contribution in [0.1, 0.15) is 375 Å². The minimum absolute atomic E-state index is 0.106. The molecule has 546 valence electrons. The lowest BCUT2D eigenvalue weighted by Gasteiger charge is -2.21. The normalized spacial score (nSPS) is 14.1. The van der Waals surface area contributed by atoms with Gasteiger partial charge in [-0.3, -0.25) is 37.3 Å². The van der Waals surface area contributed by atoms with Gasteiger partial charge in [0.2, 0.25) is 0 Å². The number of unbranched alkanes of at least 4 members (excludes halogenated alkanes) is 42. The van der Waals surface area contributed by atoms with Crippen molar-refractivity contribution in [3.63, 3.8) is 0 Å². The van der Waals surface area contributed by atoms with Gasteiger partial charge in [0.05, 0.1) is 26.4 Å². The highest BCUT2D eigenvalue weighted by atomic mass is 31.2. The van der Waals surface area contributed by atoms with Crippen LogP contribution in [-0.2, 0) is 65.4 Å². The van der Waals surface area contributed by atoms with E-state index in [2.05, 4.69) is 41.5 Å². The molecule has 0 aromatic carbocycles. The maximum Gasteiger partial charge on any atom is 0.472 e. The Morgan fingerprint density at radius 3 is 0.739 bits per heavy atom. The molecule has 0 heterocycles. The molecule has 0 saturated carbocycles. The van der Waals surface area contributed by atoms with E-state index < -0.39 is 97.5 Å². The van der Waals surface area contributed by atoms with Gasteiger partial charge < -0.3 is 33.8 Å². The predicted octanol–water partition coefficient (Wildman–Crippen LogP) is 21.2. The fraction of sp³-hybridized carbons (Fsp3) is 0.945. The van der Waals surface area contributed by atoms with Crippen LogP contribution in [-0.4, -0.2) is 96.7 Å². The van der Waals surface area contributed by atoms with Crippen LogP contribution in [0.2, 0.25) is 0 Å². The maximum absolute atomic E-state index is 13.1. The summed E-state index contributed by atoms with van der Waals surface area (Å²) in [6, 6.07) is 0. The van der Waals surface area contributed by atoms with Gasteiger partial charge in [-0.2, -0.15) is 0 Å². The smallest absolute Gasteiger partial charge is 0.462 e. The third kappa shape index (κ3) is 66.7. The molecule has 0 amide bonds. The van der Waals surface area contributed by atoms with Gasteiger partial charge in [0.25, 0.3) is 0 Å². The van der Waals surface area contributed by atoms with Gasteiger partial charge in [-0.15, -0.1) is 0 Å². The van der Waals surface area contributed by atoms with Crippen LogP contribution < -0.4 is 0 Å². The Kier molecular flexibility index (Phi) is 63.7. The molecule has 0 aliphatic rings. The molecule has 2 unspecified atom stereocenters. The van der Waals surface area contributed by atoms with Crippen molar-refractivity contribution in [3.8, 4) is 0 Å². The summed E-state index contributed by atoms with van der Waals surface area (Å²) in [5.74, 6) is -0.684. The molecule has 17 nitrogen and oxygen atoms in total. The monoisotopic (exact) mass is 1350 g/mol. The second kappa shape index (κ2) is 65.0. The van der Waals surface area contributed by atoms with Gasteiger partial charge in [-0.1, -0.05) is 324 Å². The van der Waals surface area contributed by atoms with Crippen molar-refractivity contribution < 1.29 is 80.2 Å². The summed E-state index contributed by atoms with van der Waals surface area (Å²) in [6.07, 6.45) is 51.5. The van der Waals surface area contributed by atoms with E-state index in [1.165, 1.54) is 186 Å². The van der Waals surface area contributed by atoms with Crippen molar-refractivity contribution in [2.75, 3.05) is 39.6 Å². The lowest BCUT2D eigenvalue weighted by Crippen LogP contribution is -2.30. The third-order valence-corrected chi connectivity index (χ3v) is 18.9. The molecule has 0 spiro atoms. The second-order valence-corrected chi connectivity index (χ2v) is 30.2. The number of carbonyl (C=O) groups is 4. The highest BCUT2D eigenvalue weighted by molar-refractivity contribution is 7.47. The van der Waals surface area contributed by atoms with Crippen LogP contribution in [0, 0.1) is 11.8 Å². The molecule has 0 fully saturated rings. The average molecular weight is 1350 g/mol. The van der Waals surface area contributed by atoms with Crippen molar-refractivity contribution >= 4 is 39.5 Å². The van der Waals surface area contributed by atoms with Gasteiger partial charge in [-0.05, 0) is 37.5 Å². The van der Waals surface area contributed by atoms with Gasteiger partial charge >= 0.3 is 39.5 Å². The van der Waals surface area contributed by atoms with E-state index >= 15 is 0 Å². The standard InChI is InChI=1S/C73H142O17P2/c1-7-9-11-13-15-17-19-20-21-22-23-24-25-26-28-34-38-46-52-58-73(78)89-68(61-83-70(75)55-49-43-36-32-30-29-31-35-41-47-53-65(3)4)63-87-91(79,80)85-59-67(74)60-86-92(81,82)88-64-69(62-84-71(76)56-50-44-40-39-42-48-54-66(5)6)90-72(77)57-51-45-37-33-27-18-16-14-12-10-8-2/h65-69,74H,7-64H2,1-6H3,(H,79,80)(H,81,82)/t67-,68-,69-/m1/s1.